The Kier molecular flexibility index (Phi) is 9.76. The number of nitrogens with zero attached hydrogens (tertiary/aromatic N) is 1. The van der Waals surface area contributed by atoms with E-state index in [0.717, 1.165) is 14.2 Å². The number of carboxylic acids is 1. The summed E-state index contributed by atoms with van der Waals surface area (Å²) in [5.41, 5.74) is 0.0546. The Labute approximate surface area is 196 Å². The van der Waals surface area contributed by atoms with Crippen molar-refractivity contribution in [3.8, 4) is 0 Å². The molecule has 2 heterocycles. The molecule has 1 fully saturated rings. The van der Waals surface area contributed by atoms with E-state index >= 15 is 0 Å². The number of aliphatic hydroxyl groups excluding tert-OH is 2. The van der Waals surface area contributed by atoms with Gasteiger partial charge in [-0.2, -0.15) is 0 Å². The van der Waals surface area contributed by atoms with Gasteiger partial charge in [-0.05, 0) is 13.8 Å². The van der Waals surface area contributed by atoms with Gasteiger partial charge in [-0.15, -0.1) is 0 Å². The highest BCUT2D eigenvalue weighted by molar-refractivity contribution is 7.54. The molecule has 2 rings (SSSR count). The molecule has 2 aliphatic rings. The lowest BCUT2D eigenvalue weighted by Gasteiger charge is -2.28. The zero-order valence-electron chi connectivity index (χ0n) is 19.1. The Balaban J connectivity index is 2.13. The Morgan fingerprint density at radius 3 is 2.21 bits per heavy atom. The predicted molar refractivity (Wildman–Crippen MR) is 115 cm³/mol. The van der Waals surface area contributed by atoms with Crippen LogP contribution in [0.3, 0.4) is 0 Å². The lowest BCUT2D eigenvalue weighted by atomic mass is 10.1. The number of aliphatic carboxylic acids is 1. The van der Waals surface area contributed by atoms with Crippen molar-refractivity contribution in [1.82, 2.24) is 15.1 Å². The molecule has 2 aliphatic heterocycles. The van der Waals surface area contributed by atoms with Gasteiger partial charge in [-0.1, -0.05) is 6.08 Å². The molecule has 1 saturated heterocycles. The fourth-order valence-electron chi connectivity index (χ4n) is 3.25. The molecule has 0 bridgehead atoms. The number of carbonyl (C=O) groups excluding carboxylic acids is 2. The van der Waals surface area contributed by atoms with E-state index in [1.165, 1.54) is 31.1 Å². The van der Waals surface area contributed by atoms with Crippen molar-refractivity contribution in [2.24, 2.45) is 0 Å². The molecule has 0 amide bonds. The molecule has 15 heteroatoms. The van der Waals surface area contributed by atoms with Gasteiger partial charge in [0.15, 0.2) is 6.23 Å². The Hall–Kier alpha value is -2.32. The van der Waals surface area contributed by atoms with Gasteiger partial charge in [-0.25, -0.2) is 15.0 Å². The van der Waals surface area contributed by atoms with Crippen molar-refractivity contribution in [2.45, 2.75) is 56.9 Å². The van der Waals surface area contributed by atoms with Crippen molar-refractivity contribution in [2.75, 3.05) is 20.8 Å². The second-order valence-electron chi connectivity index (χ2n) is 7.64. The number of rotatable bonds is 11. The minimum atomic E-state index is -4.13. The molecule has 34 heavy (non-hydrogen) atoms. The van der Waals surface area contributed by atoms with E-state index in [9.17, 15) is 34.3 Å². The molecule has 0 aromatic rings. The summed E-state index contributed by atoms with van der Waals surface area (Å²) in [5.74, 6) is -2.64. The van der Waals surface area contributed by atoms with Crippen LogP contribution >= 0.6 is 7.67 Å². The number of aliphatic hydroxyl groups is 2. The van der Waals surface area contributed by atoms with Crippen LogP contribution in [0.1, 0.15) is 20.3 Å². The standard InChI is InChI=1S/C19H30N3O11P/c1-10(18(27)30-3)20-34(29,21-11(2)19(28)31-4)32-9-13-14(23)15(24)16(33-13)22-7-5-6-12(8-22)17(25)26/h5,7-8,10-11,13-16,23-24H,6,9H2,1-4H3,(H,25,26)(H2,20,21,29)/t10-,11-,13+,14+,15+,16+/m0/s1. The van der Waals surface area contributed by atoms with Crippen LogP contribution in [0.5, 0.6) is 0 Å². The summed E-state index contributed by atoms with van der Waals surface area (Å²) in [5, 5.41) is 34.9. The van der Waals surface area contributed by atoms with Crippen molar-refractivity contribution in [3.05, 3.63) is 24.0 Å². The summed E-state index contributed by atoms with van der Waals surface area (Å²) in [7, 11) is -1.85. The highest BCUT2D eigenvalue weighted by Crippen LogP contribution is 2.40. The van der Waals surface area contributed by atoms with Crippen LogP contribution in [0.2, 0.25) is 0 Å². The predicted octanol–water partition coefficient (Wildman–Crippen LogP) is -0.952. The zero-order valence-corrected chi connectivity index (χ0v) is 20.0. The number of allylic oxidation sites excluding steroid dienone is 1. The first-order valence-corrected chi connectivity index (χ1v) is 11.9. The second-order valence-corrected chi connectivity index (χ2v) is 9.51. The maximum Gasteiger partial charge on any atom is 0.342 e. The smallest absolute Gasteiger partial charge is 0.342 e. The van der Waals surface area contributed by atoms with Crippen LogP contribution in [-0.2, 0) is 37.7 Å². The third-order valence-electron chi connectivity index (χ3n) is 5.08. The third-order valence-corrected chi connectivity index (χ3v) is 7.05. The van der Waals surface area contributed by atoms with E-state index < -0.39 is 68.8 Å². The molecular formula is C19H30N3O11P. The summed E-state index contributed by atoms with van der Waals surface area (Å²) in [6.07, 6.45) is -0.747. The minimum Gasteiger partial charge on any atom is -0.478 e. The molecule has 192 valence electrons. The maximum atomic E-state index is 13.4. The summed E-state index contributed by atoms with van der Waals surface area (Å²) in [6.45, 7) is 2.20. The van der Waals surface area contributed by atoms with Gasteiger partial charge in [0.2, 0.25) is 0 Å². The lowest BCUT2D eigenvalue weighted by molar-refractivity contribution is -0.142. The van der Waals surface area contributed by atoms with E-state index in [0.29, 0.717) is 0 Å². The number of methoxy groups -OCH3 is 2. The fourth-order valence-corrected chi connectivity index (χ4v) is 5.06. The summed E-state index contributed by atoms with van der Waals surface area (Å²) >= 11 is 0. The van der Waals surface area contributed by atoms with Crippen LogP contribution < -0.4 is 10.2 Å². The summed E-state index contributed by atoms with van der Waals surface area (Å²) in [6, 6.07) is -2.20. The molecule has 0 spiro atoms. The SMILES string of the molecule is COC(=O)[C@H](C)NP(=O)(N[C@@H](C)C(=O)OC)OC[C@H]1O[C@@H](N2C=CCC(C(=O)O)=C2)[C@H](O)[C@@H]1O. The molecule has 0 unspecified atom stereocenters. The minimum absolute atomic E-state index is 0.0546. The quantitative estimate of drug-likeness (QED) is 0.170. The first kappa shape index (κ1) is 27.9. The van der Waals surface area contributed by atoms with Gasteiger partial charge >= 0.3 is 25.6 Å². The van der Waals surface area contributed by atoms with E-state index in [1.54, 1.807) is 6.08 Å². The molecular weight excluding hydrogens is 477 g/mol. The maximum absolute atomic E-state index is 13.4. The molecule has 6 atom stereocenters. The van der Waals surface area contributed by atoms with Gasteiger partial charge in [0.1, 0.15) is 30.4 Å². The largest absolute Gasteiger partial charge is 0.478 e. The van der Waals surface area contributed by atoms with Gasteiger partial charge in [-0.3, -0.25) is 14.2 Å². The van der Waals surface area contributed by atoms with E-state index in [4.69, 9.17) is 9.26 Å². The number of carboxylic acid groups (broad SMARTS) is 1. The molecule has 0 radical (unpaired) electrons. The Bertz CT molecular complexity index is 852. The van der Waals surface area contributed by atoms with Crippen LogP contribution in [0, 0.1) is 0 Å². The van der Waals surface area contributed by atoms with E-state index in [2.05, 4.69) is 19.6 Å². The highest BCUT2D eigenvalue weighted by atomic mass is 31.2. The van der Waals surface area contributed by atoms with Crippen molar-refractivity contribution in [3.63, 3.8) is 0 Å². The number of hydrogen-bond acceptors (Lipinski definition) is 11. The van der Waals surface area contributed by atoms with Crippen LogP contribution in [0.4, 0.5) is 0 Å². The number of esters is 2. The Morgan fingerprint density at radius 1 is 1.15 bits per heavy atom. The first-order chi connectivity index (χ1) is 15.9. The molecule has 5 N–H and O–H groups in total. The number of nitrogens with one attached hydrogen (secondary N) is 2. The summed E-state index contributed by atoms with van der Waals surface area (Å²) < 4.78 is 33.6. The average Bonchev–Trinajstić information content (AvgIpc) is 3.10. The zero-order chi connectivity index (χ0) is 25.6. The van der Waals surface area contributed by atoms with Crippen molar-refractivity contribution >= 4 is 25.6 Å². The monoisotopic (exact) mass is 507 g/mol. The molecule has 14 nitrogen and oxygen atoms in total. The Morgan fingerprint density at radius 2 is 1.71 bits per heavy atom. The van der Waals surface area contributed by atoms with E-state index in [-0.39, 0.29) is 12.0 Å². The fraction of sp³-hybridized carbons (Fsp3) is 0.632. The lowest BCUT2D eigenvalue weighted by Crippen LogP contribution is -2.43. The van der Waals surface area contributed by atoms with Crippen molar-refractivity contribution < 1.29 is 53.0 Å². The van der Waals surface area contributed by atoms with Crippen molar-refractivity contribution in [1.29, 1.82) is 0 Å². The number of hydrogen-bond donors (Lipinski definition) is 5. The number of ether oxygens (including phenoxy) is 3. The average molecular weight is 507 g/mol. The molecule has 0 aromatic heterocycles. The molecule has 0 aromatic carbocycles. The van der Waals surface area contributed by atoms with E-state index in [1.807, 2.05) is 0 Å². The van der Waals surface area contributed by atoms with Gasteiger partial charge < -0.3 is 39.0 Å². The molecule has 0 saturated carbocycles. The normalized spacial score (nSPS) is 26.5. The molecule has 0 aliphatic carbocycles. The van der Waals surface area contributed by atoms with Gasteiger partial charge in [0, 0.05) is 18.8 Å². The topological polar surface area (TPSA) is 193 Å². The van der Waals surface area contributed by atoms with Crippen LogP contribution in [0.15, 0.2) is 24.0 Å². The van der Waals surface area contributed by atoms with Gasteiger partial charge in [0.25, 0.3) is 0 Å². The highest BCUT2D eigenvalue weighted by Gasteiger charge is 2.46. The second kappa shape index (κ2) is 11.9. The number of carbonyl (C=O) groups is 3. The van der Waals surface area contributed by atoms with Crippen LogP contribution in [-0.4, -0.2) is 95.6 Å². The summed E-state index contributed by atoms with van der Waals surface area (Å²) in [4.78, 5) is 36.1. The third kappa shape index (κ3) is 6.85. The first-order valence-electron chi connectivity index (χ1n) is 10.3. The van der Waals surface area contributed by atoms with Crippen LogP contribution in [0.25, 0.3) is 0 Å². The van der Waals surface area contributed by atoms with Gasteiger partial charge in [0.05, 0.1) is 26.4 Å².